The van der Waals surface area contributed by atoms with E-state index < -0.39 is 12.1 Å². The van der Waals surface area contributed by atoms with E-state index in [9.17, 15) is 9.90 Å². The average Bonchev–Trinajstić information content (AvgIpc) is 2.82. The van der Waals surface area contributed by atoms with Gasteiger partial charge in [0.05, 0.1) is 24.9 Å². The number of carbonyl (C=O) groups excluding carboxylic acids is 1. The van der Waals surface area contributed by atoms with Crippen LogP contribution in [0.1, 0.15) is 35.9 Å². The molecule has 7 nitrogen and oxygen atoms in total. The lowest BCUT2D eigenvalue weighted by Crippen LogP contribution is -2.23. The van der Waals surface area contributed by atoms with E-state index in [1.165, 1.54) is 10.8 Å². The summed E-state index contributed by atoms with van der Waals surface area (Å²) < 4.78 is 11.7. The SMILES string of the molecule is C=CCOC(=O)c1nnn(CC(O)COCCCC)c1C. The van der Waals surface area contributed by atoms with Crippen LogP contribution in [0, 0.1) is 6.92 Å². The van der Waals surface area contributed by atoms with Crippen LogP contribution in [0.4, 0.5) is 0 Å². The second kappa shape index (κ2) is 9.25. The van der Waals surface area contributed by atoms with Crippen LogP contribution in [0.15, 0.2) is 12.7 Å². The molecule has 1 unspecified atom stereocenters. The summed E-state index contributed by atoms with van der Waals surface area (Å²) in [5, 5.41) is 17.5. The molecule has 7 heteroatoms. The second-order valence-corrected chi connectivity index (χ2v) is 4.67. The van der Waals surface area contributed by atoms with Gasteiger partial charge < -0.3 is 14.6 Å². The van der Waals surface area contributed by atoms with Crippen LogP contribution < -0.4 is 0 Å². The maximum atomic E-state index is 11.7. The summed E-state index contributed by atoms with van der Waals surface area (Å²) >= 11 is 0. The summed E-state index contributed by atoms with van der Waals surface area (Å²) in [7, 11) is 0. The Morgan fingerprint density at radius 1 is 1.57 bits per heavy atom. The van der Waals surface area contributed by atoms with Crippen LogP contribution in [0.5, 0.6) is 0 Å². The zero-order valence-corrected chi connectivity index (χ0v) is 12.6. The Bertz CT molecular complexity index is 459. The van der Waals surface area contributed by atoms with Crippen molar-refractivity contribution >= 4 is 5.97 Å². The van der Waals surface area contributed by atoms with E-state index in [0.29, 0.717) is 12.3 Å². The molecule has 0 radical (unpaired) electrons. The number of rotatable bonds is 10. The number of esters is 1. The predicted octanol–water partition coefficient (Wildman–Crippen LogP) is 1.11. The molecule has 0 aliphatic heterocycles. The summed E-state index contributed by atoms with van der Waals surface area (Å²) in [6, 6.07) is 0. The minimum atomic E-state index is -0.695. The van der Waals surface area contributed by atoms with Crippen molar-refractivity contribution in [3.05, 3.63) is 24.0 Å². The zero-order valence-electron chi connectivity index (χ0n) is 12.6. The van der Waals surface area contributed by atoms with Crippen molar-refractivity contribution < 1.29 is 19.4 Å². The lowest BCUT2D eigenvalue weighted by Gasteiger charge is -2.11. The third-order valence-corrected chi connectivity index (χ3v) is 2.84. The molecule has 0 aliphatic rings. The molecular formula is C14H23N3O4. The van der Waals surface area contributed by atoms with Crippen molar-refractivity contribution in [1.29, 1.82) is 0 Å². The topological polar surface area (TPSA) is 86.5 Å². The van der Waals surface area contributed by atoms with Crippen molar-refractivity contribution in [3.63, 3.8) is 0 Å². The number of carbonyl (C=O) groups is 1. The highest BCUT2D eigenvalue weighted by atomic mass is 16.5. The minimum absolute atomic E-state index is 0.124. The Hall–Kier alpha value is -1.73. The lowest BCUT2D eigenvalue weighted by atomic mass is 10.3. The van der Waals surface area contributed by atoms with Gasteiger partial charge in [-0.05, 0) is 13.3 Å². The molecule has 1 heterocycles. The van der Waals surface area contributed by atoms with Gasteiger partial charge in [0.15, 0.2) is 5.69 Å². The molecule has 1 aromatic heterocycles. The maximum absolute atomic E-state index is 11.7. The van der Waals surface area contributed by atoms with Crippen molar-refractivity contribution in [3.8, 4) is 0 Å². The Balaban J connectivity index is 2.50. The van der Waals surface area contributed by atoms with E-state index >= 15 is 0 Å². The standard InChI is InChI=1S/C14H23N3O4/c1-4-6-8-20-10-12(18)9-17-11(3)13(15-16-17)14(19)21-7-5-2/h5,12,18H,2,4,6-10H2,1,3H3. The first kappa shape index (κ1) is 17.3. The van der Waals surface area contributed by atoms with E-state index in [1.54, 1.807) is 6.92 Å². The maximum Gasteiger partial charge on any atom is 0.361 e. The van der Waals surface area contributed by atoms with Gasteiger partial charge in [-0.3, -0.25) is 0 Å². The largest absolute Gasteiger partial charge is 0.457 e. The van der Waals surface area contributed by atoms with Gasteiger partial charge in [-0.2, -0.15) is 0 Å². The molecule has 118 valence electrons. The zero-order chi connectivity index (χ0) is 15.7. The van der Waals surface area contributed by atoms with E-state index in [4.69, 9.17) is 9.47 Å². The number of hydrogen-bond donors (Lipinski definition) is 1. The molecule has 0 bridgehead atoms. The molecule has 0 spiro atoms. The first-order valence-electron chi connectivity index (χ1n) is 7.04. The lowest BCUT2D eigenvalue weighted by molar-refractivity contribution is 0.0248. The monoisotopic (exact) mass is 297 g/mol. The van der Waals surface area contributed by atoms with Gasteiger partial charge in [-0.25, -0.2) is 9.48 Å². The van der Waals surface area contributed by atoms with Gasteiger partial charge in [-0.1, -0.05) is 31.2 Å². The summed E-state index contributed by atoms with van der Waals surface area (Å²) in [6.07, 6.45) is 2.80. The molecule has 0 aromatic carbocycles. The van der Waals surface area contributed by atoms with Crippen LogP contribution in [0.3, 0.4) is 0 Å². The third kappa shape index (κ3) is 5.65. The molecule has 0 saturated heterocycles. The number of aromatic nitrogens is 3. The van der Waals surface area contributed by atoms with E-state index in [0.717, 1.165) is 12.8 Å². The highest BCUT2D eigenvalue weighted by molar-refractivity contribution is 5.88. The van der Waals surface area contributed by atoms with Gasteiger partial charge in [0, 0.05) is 6.61 Å². The molecule has 21 heavy (non-hydrogen) atoms. The molecule has 1 N–H and O–H groups in total. The van der Waals surface area contributed by atoms with Gasteiger partial charge in [-0.15, -0.1) is 5.10 Å². The molecular weight excluding hydrogens is 274 g/mol. The van der Waals surface area contributed by atoms with Crippen molar-refractivity contribution in [2.24, 2.45) is 0 Å². The van der Waals surface area contributed by atoms with Crippen molar-refractivity contribution in [1.82, 2.24) is 15.0 Å². The molecule has 1 atom stereocenters. The highest BCUT2D eigenvalue weighted by Crippen LogP contribution is 2.07. The number of aliphatic hydroxyl groups excluding tert-OH is 1. The van der Waals surface area contributed by atoms with Crippen LogP contribution in [-0.4, -0.2) is 52.0 Å². The Kier molecular flexibility index (Phi) is 7.63. The first-order chi connectivity index (χ1) is 10.1. The van der Waals surface area contributed by atoms with Crippen LogP contribution in [0.25, 0.3) is 0 Å². The van der Waals surface area contributed by atoms with Crippen molar-refractivity contribution in [2.45, 2.75) is 39.3 Å². The number of hydrogen-bond acceptors (Lipinski definition) is 6. The van der Waals surface area contributed by atoms with Crippen LogP contribution >= 0.6 is 0 Å². The van der Waals surface area contributed by atoms with E-state index in [2.05, 4.69) is 23.8 Å². The number of nitrogens with zero attached hydrogens (tertiary/aromatic N) is 3. The average molecular weight is 297 g/mol. The molecule has 0 amide bonds. The summed E-state index contributed by atoms with van der Waals surface area (Å²) in [5.74, 6) is -0.549. The number of unbranched alkanes of at least 4 members (excludes halogenated alkanes) is 1. The fourth-order valence-electron chi connectivity index (χ4n) is 1.64. The van der Waals surface area contributed by atoms with Gasteiger partial charge in [0.2, 0.25) is 0 Å². The molecule has 1 aromatic rings. The van der Waals surface area contributed by atoms with Gasteiger partial charge >= 0.3 is 5.97 Å². The molecule has 1 rings (SSSR count). The highest BCUT2D eigenvalue weighted by Gasteiger charge is 2.19. The Labute approximate surface area is 124 Å². The molecule has 0 fully saturated rings. The molecule has 0 aliphatic carbocycles. The van der Waals surface area contributed by atoms with Crippen LogP contribution in [0.2, 0.25) is 0 Å². The van der Waals surface area contributed by atoms with E-state index in [1.807, 2.05) is 0 Å². The van der Waals surface area contributed by atoms with Crippen molar-refractivity contribution in [2.75, 3.05) is 19.8 Å². The summed E-state index contributed by atoms with van der Waals surface area (Å²) in [6.45, 7) is 8.45. The summed E-state index contributed by atoms with van der Waals surface area (Å²) in [5.41, 5.74) is 0.702. The smallest absolute Gasteiger partial charge is 0.361 e. The first-order valence-corrected chi connectivity index (χ1v) is 7.04. The second-order valence-electron chi connectivity index (χ2n) is 4.67. The number of aliphatic hydroxyl groups is 1. The predicted molar refractivity (Wildman–Crippen MR) is 77.0 cm³/mol. The minimum Gasteiger partial charge on any atom is -0.457 e. The fourth-order valence-corrected chi connectivity index (χ4v) is 1.64. The van der Waals surface area contributed by atoms with Gasteiger partial charge in [0.1, 0.15) is 6.61 Å². The Morgan fingerprint density at radius 2 is 2.33 bits per heavy atom. The normalized spacial score (nSPS) is 12.1. The van der Waals surface area contributed by atoms with E-state index in [-0.39, 0.29) is 25.5 Å². The molecule has 0 saturated carbocycles. The van der Waals surface area contributed by atoms with Gasteiger partial charge in [0.25, 0.3) is 0 Å². The Morgan fingerprint density at radius 3 is 3.00 bits per heavy atom. The third-order valence-electron chi connectivity index (χ3n) is 2.84. The number of ether oxygens (including phenoxy) is 2. The summed E-state index contributed by atoms with van der Waals surface area (Å²) in [4.78, 5) is 11.7. The fraction of sp³-hybridized carbons (Fsp3) is 0.643. The van der Waals surface area contributed by atoms with Crippen LogP contribution in [-0.2, 0) is 16.0 Å². The quantitative estimate of drug-likeness (QED) is 0.395.